The lowest BCUT2D eigenvalue weighted by Gasteiger charge is -2.37. The third-order valence-corrected chi connectivity index (χ3v) is 6.23. The predicted molar refractivity (Wildman–Crippen MR) is 55.6 cm³/mol. The van der Waals surface area contributed by atoms with Crippen molar-refractivity contribution in [3.05, 3.63) is 0 Å². The molecule has 0 N–H and O–H groups in total. The molecule has 0 rings (SSSR count). The van der Waals surface area contributed by atoms with Gasteiger partial charge in [-0.1, -0.05) is 34.6 Å². The fraction of sp³-hybridized carbons (Fsp3) is 1.00. The van der Waals surface area contributed by atoms with Gasteiger partial charge in [0.05, 0.1) is 0 Å². The Morgan fingerprint density at radius 3 is 1.45 bits per heavy atom. The minimum absolute atomic E-state index is 0.525. The summed E-state index contributed by atoms with van der Waals surface area (Å²) in [5.74, 6) is 0. The summed E-state index contributed by atoms with van der Waals surface area (Å²) in [6.45, 7) is 11.8. The second kappa shape index (κ2) is 3.72. The summed E-state index contributed by atoms with van der Waals surface area (Å²) >= 11 is 0. The van der Waals surface area contributed by atoms with Crippen molar-refractivity contribution in [2.75, 3.05) is 14.1 Å². The Morgan fingerprint density at radius 2 is 1.45 bits per heavy atom. The normalized spacial score (nSPS) is 16.1. The molecule has 0 saturated heterocycles. The van der Waals surface area contributed by atoms with Crippen LogP contribution in [0.1, 0.15) is 34.6 Å². The zero-order valence-electron chi connectivity index (χ0n) is 9.10. The van der Waals surface area contributed by atoms with Gasteiger partial charge in [-0.15, -0.1) is 0 Å². The molecule has 0 heterocycles. The molecule has 0 fully saturated rings. The van der Waals surface area contributed by atoms with Gasteiger partial charge in [0, 0.05) is 0 Å². The Labute approximate surface area is 73.5 Å². The highest BCUT2D eigenvalue weighted by molar-refractivity contribution is 6.60. The van der Waals surface area contributed by atoms with E-state index in [0.717, 1.165) is 5.54 Å². The van der Waals surface area contributed by atoms with E-state index in [-0.39, 0.29) is 0 Å². The molecule has 0 bridgehead atoms. The standard InChI is InChI=1S/C9H23NSi/c1-8(2)11(10(6)7)9(3,4)5/h8,11H,1-7H3. The predicted octanol–water partition coefficient (Wildman–Crippen LogP) is 2.48. The van der Waals surface area contributed by atoms with Crippen LogP contribution in [-0.2, 0) is 0 Å². The van der Waals surface area contributed by atoms with Crippen molar-refractivity contribution in [2.45, 2.75) is 45.2 Å². The Balaban J connectivity index is 4.35. The lowest BCUT2D eigenvalue weighted by atomic mass is 10.2. The van der Waals surface area contributed by atoms with Gasteiger partial charge in [0.15, 0.2) is 0 Å². The average Bonchev–Trinajstić information content (AvgIpc) is 1.54. The first-order valence-electron chi connectivity index (χ1n) is 4.43. The summed E-state index contributed by atoms with van der Waals surface area (Å²) in [6.07, 6.45) is 0. The minimum Gasteiger partial charge on any atom is -0.331 e. The van der Waals surface area contributed by atoms with Gasteiger partial charge >= 0.3 is 0 Å². The molecule has 0 aliphatic rings. The molecule has 0 saturated carbocycles. The molecular weight excluding hydrogens is 150 g/mol. The molecule has 1 unspecified atom stereocenters. The van der Waals surface area contributed by atoms with E-state index in [1.807, 2.05) is 0 Å². The lowest BCUT2D eigenvalue weighted by Crippen LogP contribution is -2.42. The highest BCUT2D eigenvalue weighted by atomic mass is 28.3. The Morgan fingerprint density at radius 1 is 1.09 bits per heavy atom. The van der Waals surface area contributed by atoms with Gasteiger partial charge in [-0.2, -0.15) is 0 Å². The minimum atomic E-state index is -0.735. The van der Waals surface area contributed by atoms with Crippen LogP contribution in [0, 0.1) is 0 Å². The summed E-state index contributed by atoms with van der Waals surface area (Å²) < 4.78 is 2.46. The van der Waals surface area contributed by atoms with E-state index in [1.165, 1.54) is 0 Å². The number of rotatable bonds is 2. The summed E-state index contributed by atoms with van der Waals surface area (Å²) in [6, 6.07) is 0. The van der Waals surface area contributed by atoms with Gasteiger partial charge in [-0.05, 0) is 24.7 Å². The quantitative estimate of drug-likeness (QED) is 0.580. The van der Waals surface area contributed by atoms with Crippen molar-refractivity contribution in [3.63, 3.8) is 0 Å². The topological polar surface area (TPSA) is 3.24 Å². The molecule has 0 radical (unpaired) electrons. The second-order valence-corrected chi connectivity index (χ2v) is 10.0. The zero-order chi connectivity index (χ0) is 9.23. The summed E-state index contributed by atoms with van der Waals surface area (Å²) in [5, 5.41) is 0.525. The van der Waals surface area contributed by atoms with Gasteiger partial charge in [0.2, 0.25) is 0 Å². The fourth-order valence-electron chi connectivity index (χ4n) is 2.37. The Bertz CT molecular complexity index is 105. The molecule has 2 heteroatoms. The molecule has 0 aliphatic carbocycles. The fourth-order valence-corrected chi connectivity index (χ4v) is 7.11. The maximum absolute atomic E-state index is 2.46. The van der Waals surface area contributed by atoms with Crippen LogP contribution in [0.3, 0.4) is 0 Å². The van der Waals surface area contributed by atoms with Gasteiger partial charge in [0.1, 0.15) is 8.96 Å². The summed E-state index contributed by atoms with van der Waals surface area (Å²) in [5.41, 5.74) is 0.866. The van der Waals surface area contributed by atoms with Crippen LogP contribution in [0.15, 0.2) is 0 Å². The SMILES string of the molecule is CC(C)[SiH](N(C)C)C(C)(C)C. The van der Waals surface area contributed by atoms with Gasteiger partial charge < -0.3 is 4.57 Å². The van der Waals surface area contributed by atoms with Crippen molar-refractivity contribution in [1.29, 1.82) is 0 Å². The van der Waals surface area contributed by atoms with Crippen LogP contribution in [0.25, 0.3) is 0 Å². The summed E-state index contributed by atoms with van der Waals surface area (Å²) in [4.78, 5) is 0. The van der Waals surface area contributed by atoms with Crippen molar-refractivity contribution >= 4 is 8.96 Å². The first-order chi connectivity index (χ1) is 4.76. The first-order valence-corrected chi connectivity index (χ1v) is 6.19. The van der Waals surface area contributed by atoms with Crippen LogP contribution >= 0.6 is 0 Å². The average molecular weight is 173 g/mol. The Hall–Kier alpha value is 0.177. The van der Waals surface area contributed by atoms with Crippen LogP contribution in [0.5, 0.6) is 0 Å². The van der Waals surface area contributed by atoms with Crippen LogP contribution in [0.2, 0.25) is 10.6 Å². The van der Waals surface area contributed by atoms with E-state index < -0.39 is 8.96 Å². The molecule has 68 valence electrons. The van der Waals surface area contributed by atoms with Crippen molar-refractivity contribution in [1.82, 2.24) is 4.57 Å². The van der Waals surface area contributed by atoms with E-state index in [2.05, 4.69) is 53.3 Å². The van der Waals surface area contributed by atoms with E-state index in [9.17, 15) is 0 Å². The molecule has 0 aromatic heterocycles. The van der Waals surface area contributed by atoms with E-state index in [0.29, 0.717) is 5.04 Å². The van der Waals surface area contributed by atoms with E-state index in [4.69, 9.17) is 0 Å². The molecule has 0 aromatic carbocycles. The third-order valence-electron chi connectivity index (χ3n) is 2.08. The van der Waals surface area contributed by atoms with Crippen molar-refractivity contribution in [3.8, 4) is 0 Å². The molecule has 1 nitrogen and oxygen atoms in total. The summed E-state index contributed by atoms with van der Waals surface area (Å²) in [7, 11) is 3.71. The second-order valence-electron chi connectivity index (χ2n) is 5.02. The maximum Gasteiger partial charge on any atom is 0.119 e. The molecular formula is C9H23NSi. The van der Waals surface area contributed by atoms with E-state index >= 15 is 0 Å². The largest absolute Gasteiger partial charge is 0.331 e. The monoisotopic (exact) mass is 173 g/mol. The van der Waals surface area contributed by atoms with Gasteiger partial charge in [0.25, 0.3) is 0 Å². The smallest absolute Gasteiger partial charge is 0.119 e. The van der Waals surface area contributed by atoms with Crippen LogP contribution < -0.4 is 0 Å². The van der Waals surface area contributed by atoms with Crippen molar-refractivity contribution < 1.29 is 0 Å². The lowest BCUT2D eigenvalue weighted by molar-refractivity contribution is 0.553. The molecule has 0 aliphatic heterocycles. The Kier molecular flexibility index (Phi) is 3.78. The van der Waals surface area contributed by atoms with Crippen LogP contribution in [0.4, 0.5) is 0 Å². The molecule has 1 atom stereocenters. The highest BCUT2D eigenvalue weighted by Gasteiger charge is 2.30. The number of hydrogen-bond donors (Lipinski definition) is 0. The van der Waals surface area contributed by atoms with E-state index in [1.54, 1.807) is 0 Å². The molecule has 11 heavy (non-hydrogen) atoms. The molecule has 0 aromatic rings. The van der Waals surface area contributed by atoms with Gasteiger partial charge in [-0.3, -0.25) is 0 Å². The highest BCUT2D eigenvalue weighted by Crippen LogP contribution is 2.34. The molecule has 0 amide bonds. The maximum atomic E-state index is 2.46. The number of hydrogen-bond acceptors (Lipinski definition) is 1. The molecule has 0 spiro atoms. The van der Waals surface area contributed by atoms with Crippen molar-refractivity contribution in [2.24, 2.45) is 0 Å². The van der Waals surface area contributed by atoms with Gasteiger partial charge in [-0.25, -0.2) is 0 Å². The van der Waals surface area contributed by atoms with Crippen LogP contribution in [-0.4, -0.2) is 27.6 Å². The third kappa shape index (κ3) is 3.39. The number of nitrogens with zero attached hydrogens (tertiary/aromatic N) is 1. The zero-order valence-corrected chi connectivity index (χ0v) is 10.3. The first kappa shape index (κ1) is 11.2.